The van der Waals surface area contributed by atoms with Crippen LogP contribution in [-0.2, 0) is 16.1 Å². The number of halogens is 1. The molecule has 0 unspecified atom stereocenters. The number of rotatable bonds is 5. The number of esters is 1. The van der Waals surface area contributed by atoms with E-state index >= 15 is 0 Å². The summed E-state index contributed by atoms with van der Waals surface area (Å²) in [6.45, 7) is 0.134. The Morgan fingerprint density at radius 3 is 2.35 bits per heavy atom. The predicted molar refractivity (Wildman–Crippen MR) is 85.3 cm³/mol. The number of nitrogens with two attached hydrogens (primary N) is 1. The zero-order valence-electron chi connectivity index (χ0n) is 10.7. The largest absolute Gasteiger partial charge is 0.482 e. The smallest absolute Gasteiger partial charge is 0.344 e. The van der Waals surface area contributed by atoms with Crippen molar-refractivity contribution in [1.29, 1.82) is 0 Å². The van der Waals surface area contributed by atoms with Crippen molar-refractivity contribution < 1.29 is 14.3 Å². The lowest BCUT2D eigenvalue weighted by Crippen LogP contribution is -2.14. The molecular formula is C15H14INO3. The van der Waals surface area contributed by atoms with Gasteiger partial charge >= 0.3 is 5.97 Å². The van der Waals surface area contributed by atoms with Gasteiger partial charge in [0, 0.05) is 9.26 Å². The van der Waals surface area contributed by atoms with Crippen molar-refractivity contribution in [1.82, 2.24) is 0 Å². The van der Waals surface area contributed by atoms with Gasteiger partial charge in [0.2, 0.25) is 0 Å². The van der Waals surface area contributed by atoms with Crippen LogP contribution in [0.3, 0.4) is 0 Å². The lowest BCUT2D eigenvalue weighted by atomic mass is 10.2. The van der Waals surface area contributed by atoms with Gasteiger partial charge in [0.1, 0.15) is 12.4 Å². The number of ether oxygens (including phenoxy) is 2. The van der Waals surface area contributed by atoms with E-state index in [1.807, 2.05) is 24.3 Å². The Hall–Kier alpha value is -1.76. The maximum Gasteiger partial charge on any atom is 0.344 e. The van der Waals surface area contributed by atoms with Gasteiger partial charge in [0.15, 0.2) is 6.61 Å². The molecule has 2 rings (SSSR count). The molecular weight excluding hydrogens is 369 g/mol. The molecule has 0 saturated carbocycles. The molecule has 0 fully saturated rings. The quantitative estimate of drug-likeness (QED) is 0.490. The van der Waals surface area contributed by atoms with Crippen molar-refractivity contribution in [2.75, 3.05) is 12.3 Å². The summed E-state index contributed by atoms with van der Waals surface area (Å²) in [5.74, 6) is 0.186. The lowest BCUT2D eigenvalue weighted by Gasteiger charge is -2.07. The van der Waals surface area contributed by atoms with Gasteiger partial charge in [-0.05, 0) is 64.6 Å². The second-order valence-electron chi connectivity index (χ2n) is 4.14. The Balaban J connectivity index is 1.75. The highest BCUT2D eigenvalue weighted by molar-refractivity contribution is 14.1. The van der Waals surface area contributed by atoms with Gasteiger partial charge in [-0.15, -0.1) is 0 Å². The highest BCUT2D eigenvalue weighted by Crippen LogP contribution is 2.13. The lowest BCUT2D eigenvalue weighted by molar-refractivity contribution is -0.147. The highest BCUT2D eigenvalue weighted by Gasteiger charge is 2.05. The van der Waals surface area contributed by atoms with Gasteiger partial charge in [-0.1, -0.05) is 12.1 Å². The van der Waals surface area contributed by atoms with Crippen LogP contribution < -0.4 is 10.5 Å². The van der Waals surface area contributed by atoms with Crippen LogP contribution in [0.15, 0.2) is 48.5 Å². The van der Waals surface area contributed by atoms with Crippen molar-refractivity contribution >= 4 is 34.2 Å². The van der Waals surface area contributed by atoms with Gasteiger partial charge in [-0.25, -0.2) is 4.79 Å². The third-order valence-corrected chi connectivity index (χ3v) is 3.27. The molecule has 20 heavy (non-hydrogen) atoms. The van der Waals surface area contributed by atoms with Crippen LogP contribution in [0.2, 0.25) is 0 Å². The van der Waals surface area contributed by atoms with Crippen LogP contribution in [0.4, 0.5) is 5.69 Å². The van der Waals surface area contributed by atoms with Crippen molar-refractivity contribution in [3.05, 3.63) is 57.7 Å². The van der Waals surface area contributed by atoms with E-state index in [2.05, 4.69) is 22.6 Å². The second-order valence-corrected chi connectivity index (χ2v) is 5.39. The molecule has 2 N–H and O–H groups in total. The Labute approximate surface area is 131 Å². The minimum absolute atomic E-state index is 0.117. The Morgan fingerprint density at radius 2 is 1.70 bits per heavy atom. The summed E-state index contributed by atoms with van der Waals surface area (Å²) in [6, 6.07) is 14.6. The summed E-state index contributed by atoms with van der Waals surface area (Å²) in [5.41, 5.74) is 7.16. The molecule has 0 saturated heterocycles. The SMILES string of the molecule is Nc1ccc(OCC(=O)OCc2ccc(I)cc2)cc1. The molecule has 0 spiro atoms. The summed E-state index contributed by atoms with van der Waals surface area (Å²) < 4.78 is 11.6. The van der Waals surface area contributed by atoms with Crippen molar-refractivity contribution in [3.63, 3.8) is 0 Å². The van der Waals surface area contributed by atoms with Crippen LogP contribution in [0.25, 0.3) is 0 Å². The van der Waals surface area contributed by atoms with Gasteiger partial charge in [0.05, 0.1) is 0 Å². The van der Waals surface area contributed by atoms with Crippen molar-refractivity contribution in [3.8, 4) is 5.75 Å². The van der Waals surface area contributed by atoms with E-state index in [9.17, 15) is 4.79 Å². The van der Waals surface area contributed by atoms with E-state index in [1.165, 1.54) is 0 Å². The second kappa shape index (κ2) is 7.14. The zero-order valence-corrected chi connectivity index (χ0v) is 12.9. The fourth-order valence-electron chi connectivity index (χ4n) is 1.49. The molecule has 0 heterocycles. The molecule has 5 heteroatoms. The molecule has 104 valence electrons. The van der Waals surface area contributed by atoms with E-state index in [1.54, 1.807) is 24.3 Å². The first-order valence-electron chi connectivity index (χ1n) is 6.02. The van der Waals surface area contributed by atoms with Crippen LogP contribution in [0.1, 0.15) is 5.56 Å². The summed E-state index contributed by atoms with van der Waals surface area (Å²) in [7, 11) is 0. The molecule has 0 aliphatic heterocycles. The van der Waals surface area contributed by atoms with E-state index in [0.717, 1.165) is 9.13 Å². The molecule has 4 nitrogen and oxygen atoms in total. The fraction of sp³-hybridized carbons (Fsp3) is 0.133. The Morgan fingerprint density at radius 1 is 1.05 bits per heavy atom. The maximum atomic E-state index is 11.6. The summed E-state index contributed by atoms with van der Waals surface area (Å²) in [4.78, 5) is 11.6. The minimum Gasteiger partial charge on any atom is -0.482 e. The van der Waals surface area contributed by atoms with E-state index < -0.39 is 5.97 Å². The summed E-state index contributed by atoms with van der Waals surface area (Å²) in [6.07, 6.45) is 0. The minimum atomic E-state index is -0.402. The fourth-order valence-corrected chi connectivity index (χ4v) is 1.85. The standard InChI is InChI=1S/C15H14INO3/c16-12-3-1-11(2-4-12)9-20-15(18)10-19-14-7-5-13(17)6-8-14/h1-8H,9-10,17H2. The first-order valence-corrected chi connectivity index (χ1v) is 7.10. The number of anilines is 1. The third-order valence-electron chi connectivity index (χ3n) is 2.55. The number of hydrogen-bond donors (Lipinski definition) is 1. The van der Waals surface area contributed by atoms with E-state index in [4.69, 9.17) is 15.2 Å². The molecule has 2 aromatic rings. The van der Waals surface area contributed by atoms with Crippen LogP contribution in [0, 0.1) is 3.57 Å². The monoisotopic (exact) mass is 383 g/mol. The van der Waals surface area contributed by atoms with Crippen LogP contribution in [-0.4, -0.2) is 12.6 Å². The maximum absolute atomic E-state index is 11.6. The van der Waals surface area contributed by atoms with Gasteiger partial charge in [-0.2, -0.15) is 0 Å². The summed E-state index contributed by atoms with van der Waals surface area (Å²) in [5, 5.41) is 0. The molecule has 0 amide bonds. The number of benzene rings is 2. The van der Waals surface area contributed by atoms with Crippen LogP contribution >= 0.6 is 22.6 Å². The topological polar surface area (TPSA) is 61.5 Å². The van der Waals surface area contributed by atoms with Crippen molar-refractivity contribution in [2.45, 2.75) is 6.61 Å². The molecule has 0 bridgehead atoms. The van der Waals surface area contributed by atoms with Gasteiger partial charge in [0.25, 0.3) is 0 Å². The first-order chi connectivity index (χ1) is 9.63. The molecule has 0 atom stereocenters. The number of carbonyl (C=O) groups excluding carboxylic acids is 1. The van der Waals surface area contributed by atoms with E-state index in [-0.39, 0.29) is 13.2 Å². The van der Waals surface area contributed by atoms with Gasteiger partial charge < -0.3 is 15.2 Å². The summed E-state index contributed by atoms with van der Waals surface area (Å²) >= 11 is 2.22. The Kier molecular flexibility index (Phi) is 5.23. The average molecular weight is 383 g/mol. The van der Waals surface area contributed by atoms with Crippen LogP contribution in [0.5, 0.6) is 5.75 Å². The van der Waals surface area contributed by atoms with E-state index in [0.29, 0.717) is 11.4 Å². The van der Waals surface area contributed by atoms with Crippen molar-refractivity contribution in [2.24, 2.45) is 0 Å². The number of nitrogen functional groups attached to an aromatic ring is 1. The normalized spacial score (nSPS) is 10.1. The first kappa shape index (κ1) is 14.6. The molecule has 0 aliphatic rings. The highest BCUT2D eigenvalue weighted by atomic mass is 127. The van der Waals surface area contributed by atoms with Gasteiger partial charge in [-0.3, -0.25) is 0 Å². The number of hydrogen-bond acceptors (Lipinski definition) is 4. The Bertz CT molecular complexity index is 515. The molecule has 0 radical (unpaired) electrons. The number of carbonyl (C=O) groups is 1. The molecule has 0 aliphatic carbocycles. The zero-order chi connectivity index (χ0) is 14.4. The average Bonchev–Trinajstić information content (AvgIpc) is 2.46. The third kappa shape index (κ3) is 4.73. The molecule has 0 aromatic heterocycles. The molecule has 2 aromatic carbocycles. The predicted octanol–water partition coefficient (Wildman–Crippen LogP) is 3.00.